The molecule has 0 radical (unpaired) electrons. The molecule has 0 bridgehead atoms. The fourth-order valence-electron chi connectivity index (χ4n) is 6.27. The van der Waals surface area contributed by atoms with Gasteiger partial charge in [0.25, 0.3) is 0 Å². The molecule has 8 nitrogen and oxygen atoms in total. The fraction of sp³-hybridized carbons (Fsp3) is 0.243. The Morgan fingerprint density at radius 1 is 0.844 bits per heavy atom. The van der Waals surface area contributed by atoms with Gasteiger partial charge in [0.1, 0.15) is 5.75 Å². The van der Waals surface area contributed by atoms with Gasteiger partial charge in [0.05, 0.1) is 26.4 Å². The Balaban J connectivity index is 1.45. The summed E-state index contributed by atoms with van der Waals surface area (Å²) in [6.45, 7) is 2.11. The van der Waals surface area contributed by atoms with E-state index in [1.165, 1.54) is 0 Å². The molecule has 5 aromatic rings. The van der Waals surface area contributed by atoms with Crippen molar-refractivity contribution in [2.24, 2.45) is 5.41 Å². The van der Waals surface area contributed by atoms with Crippen LogP contribution in [0.1, 0.15) is 22.6 Å². The Kier molecular flexibility index (Phi) is 8.99. The monoisotopic (exact) mass is 597 g/mol. The normalized spacial score (nSPS) is 15.2. The highest BCUT2D eigenvalue weighted by Crippen LogP contribution is 2.48. The van der Waals surface area contributed by atoms with Gasteiger partial charge in [0.15, 0.2) is 5.41 Å². The van der Waals surface area contributed by atoms with Crippen LogP contribution in [0.4, 0.5) is 5.95 Å². The second-order valence-corrected chi connectivity index (χ2v) is 11.1. The third-order valence-corrected chi connectivity index (χ3v) is 8.50. The van der Waals surface area contributed by atoms with Gasteiger partial charge in [-0.3, -0.25) is 4.79 Å². The zero-order chi connectivity index (χ0) is 31.1. The summed E-state index contributed by atoms with van der Waals surface area (Å²) in [5, 5.41) is 13.3. The molecule has 1 aliphatic heterocycles. The summed E-state index contributed by atoms with van der Waals surface area (Å²) in [7, 11) is 1.62. The molecular weight excluding hydrogens is 562 g/mol. The SMILES string of the molecule is COc1ccccc1C(c1cccc2ccccc12)C(C#N)(COCc1ccccc1)C(=O)N1CCN(c2ncccn2)CC1. The highest BCUT2D eigenvalue weighted by atomic mass is 16.5. The molecule has 6 rings (SSSR count). The lowest BCUT2D eigenvalue weighted by Crippen LogP contribution is -2.56. The van der Waals surface area contributed by atoms with E-state index in [9.17, 15) is 10.1 Å². The first-order valence-corrected chi connectivity index (χ1v) is 15.1. The zero-order valence-electron chi connectivity index (χ0n) is 25.3. The van der Waals surface area contributed by atoms with E-state index >= 15 is 0 Å². The van der Waals surface area contributed by atoms with Gasteiger partial charge < -0.3 is 19.3 Å². The number of benzene rings is 4. The molecule has 226 valence electrons. The summed E-state index contributed by atoms with van der Waals surface area (Å²) in [5.74, 6) is 0.279. The largest absolute Gasteiger partial charge is 0.496 e. The number of fused-ring (bicyclic) bond motifs is 1. The van der Waals surface area contributed by atoms with Crippen LogP contribution in [0.3, 0.4) is 0 Å². The lowest BCUT2D eigenvalue weighted by atomic mass is 9.67. The van der Waals surface area contributed by atoms with Crippen LogP contribution in [0.2, 0.25) is 0 Å². The average Bonchev–Trinajstić information content (AvgIpc) is 3.12. The van der Waals surface area contributed by atoms with Crippen LogP contribution in [0.15, 0.2) is 116 Å². The average molecular weight is 598 g/mol. The number of nitriles is 1. The minimum atomic E-state index is -1.61. The number of carbonyl (C=O) groups is 1. The Morgan fingerprint density at radius 2 is 1.51 bits per heavy atom. The zero-order valence-corrected chi connectivity index (χ0v) is 25.3. The lowest BCUT2D eigenvalue weighted by molar-refractivity contribution is -0.143. The molecule has 1 saturated heterocycles. The van der Waals surface area contributed by atoms with Gasteiger partial charge in [-0.2, -0.15) is 5.26 Å². The maximum Gasteiger partial charge on any atom is 0.246 e. The van der Waals surface area contributed by atoms with Crippen molar-refractivity contribution in [1.82, 2.24) is 14.9 Å². The molecule has 2 atom stereocenters. The van der Waals surface area contributed by atoms with Crippen LogP contribution in [-0.2, 0) is 16.1 Å². The molecule has 45 heavy (non-hydrogen) atoms. The number of carbonyl (C=O) groups excluding carboxylic acids is 1. The van der Waals surface area contributed by atoms with Crippen molar-refractivity contribution in [2.45, 2.75) is 12.5 Å². The molecule has 0 N–H and O–H groups in total. The predicted octanol–water partition coefficient (Wildman–Crippen LogP) is 5.85. The molecule has 1 aliphatic rings. The molecule has 2 heterocycles. The molecule has 1 fully saturated rings. The number of hydrogen-bond acceptors (Lipinski definition) is 7. The number of rotatable bonds is 10. The minimum absolute atomic E-state index is 0.106. The van der Waals surface area contributed by atoms with Gasteiger partial charge >= 0.3 is 0 Å². The number of anilines is 1. The molecular formula is C37H35N5O3. The molecule has 1 amide bonds. The molecule has 2 unspecified atom stereocenters. The summed E-state index contributed by atoms with van der Waals surface area (Å²) >= 11 is 0. The van der Waals surface area contributed by atoms with Gasteiger partial charge in [-0.1, -0.05) is 91.0 Å². The van der Waals surface area contributed by atoms with Crippen LogP contribution in [-0.4, -0.2) is 60.7 Å². The highest BCUT2D eigenvalue weighted by Gasteiger charge is 2.52. The number of aromatic nitrogens is 2. The summed E-state index contributed by atoms with van der Waals surface area (Å²) in [4.78, 5) is 27.6. The van der Waals surface area contributed by atoms with Crippen LogP contribution in [0.25, 0.3) is 10.8 Å². The van der Waals surface area contributed by atoms with Crippen molar-refractivity contribution in [2.75, 3.05) is 44.8 Å². The number of amides is 1. The highest BCUT2D eigenvalue weighted by molar-refractivity contribution is 5.92. The molecule has 0 saturated carbocycles. The molecule has 8 heteroatoms. The quantitative estimate of drug-likeness (QED) is 0.200. The third kappa shape index (κ3) is 6.08. The summed E-state index contributed by atoms with van der Waals surface area (Å²) in [6.07, 6.45) is 3.43. The van der Waals surface area contributed by atoms with Crippen molar-refractivity contribution < 1.29 is 14.3 Å². The Labute approximate surface area is 263 Å². The number of para-hydroxylation sites is 1. The van der Waals surface area contributed by atoms with Crippen molar-refractivity contribution in [3.8, 4) is 11.8 Å². The first kappa shape index (κ1) is 29.8. The van der Waals surface area contributed by atoms with Crippen LogP contribution >= 0.6 is 0 Å². The standard InChI is InChI=1S/C37H35N5O3/c1-44-33-18-8-7-16-32(33)34(31-17-9-14-29-13-5-6-15-30(29)31)37(26-38,27-45-25-28-11-3-2-4-12-28)35(43)41-21-23-42(24-22-41)36-39-19-10-20-40-36/h2-20,34H,21-25,27H2,1H3. The van der Waals surface area contributed by atoms with Gasteiger partial charge in [-0.15, -0.1) is 0 Å². The Bertz CT molecular complexity index is 1780. The minimum Gasteiger partial charge on any atom is -0.496 e. The van der Waals surface area contributed by atoms with Crippen LogP contribution in [0.5, 0.6) is 5.75 Å². The van der Waals surface area contributed by atoms with E-state index in [4.69, 9.17) is 9.47 Å². The maximum atomic E-state index is 15.0. The topological polar surface area (TPSA) is 91.6 Å². The number of piperazine rings is 1. The number of methoxy groups -OCH3 is 1. The second kappa shape index (κ2) is 13.6. The van der Waals surface area contributed by atoms with Crippen molar-refractivity contribution in [3.05, 3.63) is 132 Å². The number of hydrogen-bond donors (Lipinski definition) is 0. The van der Waals surface area contributed by atoms with Crippen molar-refractivity contribution in [3.63, 3.8) is 0 Å². The first-order valence-electron chi connectivity index (χ1n) is 15.1. The van der Waals surface area contributed by atoms with Gasteiger partial charge in [-0.05, 0) is 34.0 Å². The van der Waals surface area contributed by atoms with Crippen molar-refractivity contribution >= 4 is 22.6 Å². The van der Waals surface area contributed by atoms with E-state index in [1.54, 1.807) is 30.5 Å². The first-order chi connectivity index (χ1) is 22.1. The van der Waals surface area contributed by atoms with Gasteiger partial charge in [0, 0.05) is 50.1 Å². The molecule has 0 aliphatic carbocycles. The van der Waals surface area contributed by atoms with E-state index in [2.05, 4.69) is 20.9 Å². The fourth-order valence-corrected chi connectivity index (χ4v) is 6.27. The molecule has 4 aromatic carbocycles. The van der Waals surface area contributed by atoms with E-state index in [1.807, 2.05) is 97.1 Å². The Hall–Kier alpha value is -5.26. The lowest BCUT2D eigenvalue weighted by Gasteiger charge is -2.42. The summed E-state index contributed by atoms with van der Waals surface area (Å²) in [5.41, 5.74) is 0.976. The Morgan fingerprint density at radius 3 is 2.27 bits per heavy atom. The molecule has 1 aromatic heterocycles. The number of ether oxygens (including phenoxy) is 2. The third-order valence-electron chi connectivity index (χ3n) is 8.50. The van der Waals surface area contributed by atoms with E-state index in [0.29, 0.717) is 37.9 Å². The van der Waals surface area contributed by atoms with E-state index < -0.39 is 11.3 Å². The van der Waals surface area contributed by atoms with Crippen LogP contribution < -0.4 is 9.64 Å². The number of nitrogens with zero attached hydrogens (tertiary/aromatic N) is 5. The summed E-state index contributed by atoms with van der Waals surface area (Å²) in [6, 6.07) is 35.9. The van der Waals surface area contributed by atoms with Crippen LogP contribution in [0, 0.1) is 16.7 Å². The maximum absolute atomic E-state index is 15.0. The van der Waals surface area contributed by atoms with Gasteiger partial charge in [0.2, 0.25) is 11.9 Å². The van der Waals surface area contributed by atoms with E-state index in [-0.39, 0.29) is 19.1 Å². The predicted molar refractivity (Wildman–Crippen MR) is 174 cm³/mol. The van der Waals surface area contributed by atoms with Crippen molar-refractivity contribution in [1.29, 1.82) is 5.26 Å². The smallest absolute Gasteiger partial charge is 0.246 e. The molecule has 0 spiro atoms. The van der Waals surface area contributed by atoms with Gasteiger partial charge in [-0.25, -0.2) is 9.97 Å². The second-order valence-electron chi connectivity index (χ2n) is 11.1. The summed E-state index contributed by atoms with van der Waals surface area (Å²) < 4.78 is 12.2. The van der Waals surface area contributed by atoms with E-state index in [0.717, 1.165) is 27.5 Å².